The molecule has 0 saturated heterocycles. The highest BCUT2D eigenvalue weighted by Crippen LogP contribution is 2.19. The van der Waals surface area contributed by atoms with Crippen LogP contribution in [0.4, 0.5) is 11.6 Å². The van der Waals surface area contributed by atoms with Gasteiger partial charge < -0.3 is 20.1 Å². The molecule has 18 heavy (non-hydrogen) atoms. The highest BCUT2D eigenvalue weighted by molar-refractivity contribution is 5.66. The zero-order valence-electron chi connectivity index (χ0n) is 10.6. The number of anilines is 2. The van der Waals surface area contributed by atoms with E-state index in [9.17, 15) is 0 Å². The van der Waals surface area contributed by atoms with Gasteiger partial charge in [-0.2, -0.15) is 0 Å². The minimum Gasteiger partial charge on any atom is -0.395 e. The Morgan fingerprint density at radius 1 is 1.44 bits per heavy atom. The van der Waals surface area contributed by atoms with Crippen molar-refractivity contribution in [3.63, 3.8) is 0 Å². The maximum atomic E-state index is 9.16. The van der Waals surface area contributed by atoms with Crippen molar-refractivity contribution >= 4 is 17.3 Å². The molecule has 3 N–H and O–H groups in total. The monoisotopic (exact) mass is 249 g/mol. The van der Waals surface area contributed by atoms with Crippen molar-refractivity contribution in [2.45, 2.75) is 19.8 Å². The Bertz CT molecular complexity index is 510. The minimum atomic E-state index is 0.0903. The summed E-state index contributed by atoms with van der Waals surface area (Å²) in [6.45, 7) is 3.61. The fourth-order valence-electron chi connectivity index (χ4n) is 1.94. The smallest absolute Gasteiger partial charge is 0.180 e. The topological polar surface area (TPSA) is 79.7 Å². The Hall–Kier alpha value is -1.82. The maximum absolute atomic E-state index is 9.16. The molecule has 0 aliphatic rings. The molecule has 0 amide bonds. The SMILES string of the molecule is CCCCN(CCO)c1nc(N)cn2ccnc12. The van der Waals surface area contributed by atoms with E-state index in [1.165, 1.54) is 0 Å². The van der Waals surface area contributed by atoms with Gasteiger partial charge >= 0.3 is 0 Å². The van der Waals surface area contributed by atoms with Crippen molar-refractivity contribution in [2.75, 3.05) is 30.3 Å². The van der Waals surface area contributed by atoms with Crippen molar-refractivity contribution in [1.29, 1.82) is 0 Å². The van der Waals surface area contributed by atoms with Crippen LogP contribution in [0, 0.1) is 0 Å². The number of aromatic nitrogens is 3. The van der Waals surface area contributed by atoms with E-state index < -0.39 is 0 Å². The van der Waals surface area contributed by atoms with E-state index in [4.69, 9.17) is 10.8 Å². The molecule has 6 nitrogen and oxygen atoms in total. The summed E-state index contributed by atoms with van der Waals surface area (Å²) >= 11 is 0. The molecule has 0 aliphatic heterocycles. The van der Waals surface area contributed by atoms with Gasteiger partial charge in [-0.1, -0.05) is 13.3 Å². The summed E-state index contributed by atoms with van der Waals surface area (Å²) < 4.78 is 1.86. The summed E-state index contributed by atoms with van der Waals surface area (Å²) in [5.41, 5.74) is 6.57. The lowest BCUT2D eigenvalue weighted by molar-refractivity contribution is 0.301. The van der Waals surface area contributed by atoms with Crippen molar-refractivity contribution < 1.29 is 5.11 Å². The largest absolute Gasteiger partial charge is 0.395 e. The maximum Gasteiger partial charge on any atom is 0.180 e. The predicted octanol–water partition coefficient (Wildman–Crippen LogP) is 0.910. The minimum absolute atomic E-state index is 0.0903. The first kappa shape index (κ1) is 12.6. The van der Waals surface area contributed by atoms with Crippen molar-refractivity contribution in [3.05, 3.63) is 18.6 Å². The van der Waals surface area contributed by atoms with Gasteiger partial charge in [0.1, 0.15) is 5.82 Å². The van der Waals surface area contributed by atoms with E-state index in [0.717, 1.165) is 30.9 Å². The van der Waals surface area contributed by atoms with Crippen LogP contribution in [-0.2, 0) is 0 Å². The Morgan fingerprint density at radius 2 is 2.28 bits per heavy atom. The summed E-state index contributed by atoms with van der Waals surface area (Å²) in [6, 6.07) is 0. The zero-order valence-corrected chi connectivity index (χ0v) is 10.6. The van der Waals surface area contributed by atoms with Gasteiger partial charge in [0.2, 0.25) is 0 Å². The number of nitrogens with two attached hydrogens (primary N) is 1. The summed E-state index contributed by atoms with van der Waals surface area (Å²) in [5, 5.41) is 9.16. The Morgan fingerprint density at radius 3 is 3.00 bits per heavy atom. The third kappa shape index (κ3) is 2.53. The standard InChI is InChI=1S/C12H19N5O/c1-2-3-5-16(7-8-18)12-11-14-4-6-17(11)9-10(13)15-12/h4,6,9,18H,2-3,5,7-8,13H2,1H3. The molecule has 6 heteroatoms. The van der Waals surface area contributed by atoms with Crippen molar-refractivity contribution in [1.82, 2.24) is 14.4 Å². The molecular weight excluding hydrogens is 230 g/mol. The quantitative estimate of drug-likeness (QED) is 0.795. The van der Waals surface area contributed by atoms with E-state index in [0.29, 0.717) is 12.4 Å². The van der Waals surface area contributed by atoms with Crippen LogP contribution in [0.2, 0.25) is 0 Å². The molecule has 2 aromatic rings. The number of rotatable bonds is 6. The number of hydrogen-bond donors (Lipinski definition) is 2. The van der Waals surface area contributed by atoms with Crippen LogP contribution in [0.3, 0.4) is 0 Å². The van der Waals surface area contributed by atoms with E-state index >= 15 is 0 Å². The van der Waals surface area contributed by atoms with Crippen LogP contribution in [-0.4, -0.2) is 39.2 Å². The van der Waals surface area contributed by atoms with Gasteiger partial charge in [-0.25, -0.2) is 9.97 Å². The average Bonchev–Trinajstić information content (AvgIpc) is 2.81. The van der Waals surface area contributed by atoms with Crippen LogP contribution >= 0.6 is 0 Å². The highest BCUT2D eigenvalue weighted by Gasteiger charge is 2.13. The Labute approximate surface area is 106 Å². The summed E-state index contributed by atoms with van der Waals surface area (Å²) in [4.78, 5) is 10.7. The first-order valence-corrected chi connectivity index (χ1v) is 6.21. The van der Waals surface area contributed by atoms with Crippen molar-refractivity contribution in [2.24, 2.45) is 0 Å². The summed E-state index contributed by atoms with van der Waals surface area (Å²) in [6.07, 6.45) is 7.44. The van der Waals surface area contributed by atoms with E-state index in [1.807, 2.05) is 15.5 Å². The number of hydrogen-bond acceptors (Lipinski definition) is 5. The molecule has 0 bridgehead atoms. The first-order valence-electron chi connectivity index (χ1n) is 6.21. The van der Waals surface area contributed by atoms with Gasteiger partial charge in [0, 0.05) is 25.5 Å². The number of unbranched alkanes of at least 4 members (excludes halogenated alkanes) is 1. The van der Waals surface area contributed by atoms with Gasteiger partial charge in [-0.3, -0.25) is 0 Å². The molecule has 0 atom stereocenters. The normalized spacial score (nSPS) is 11.0. The van der Waals surface area contributed by atoms with Gasteiger partial charge in [0.15, 0.2) is 11.5 Å². The second kappa shape index (κ2) is 5.68. The number of nitrogen functional groups attached to an aromatic ring is 1. The van der Waals surface area contributed by atoms with Crippen LogP contribution in [0.5, 0.6) is 0 Å². The second-order valence-corrected chi connectivity index (χ2v) is 4.21. The third-order valence-corrected chi connectivity index (χ3v) is 2.83. The first-order chi connectivity index (χ1) is 8.76. The van der Waals surface area contributed by atoms with Crippen LogP contribution in [0.25, 0.3) is 5.65 Å². The van der Waals surface area contributed by atoms with Crippen LogP contribution < -0.4 is 10.6 Å². The molecule has 0 spiro atoms. The van der Waals surface area contributed by atoms with Gasteiger partial charge in [-0.15, -0.1) is 0 Å². The molecule has 2 rings (SSSR count). The summed E-state index contributed by atoms with van der Waals surface area (Å²) in [7, 11) is 0. The Kier molecular flexibility index (Phi) is 3.99. The van der Waals surface area contributed by atoms with Gasteiger partial charge in [-0.05, 0) is 6.42 Å². The lowest BCUT2D eigenvalue weighted by Crippen LogP contribution is -2.29. The fraction of sp³-hybridized carbons (Fsp3) is 0.500. The lowest BCUT2D eigenvalue weighted by Gasteiger charge is -2.23. The number of fused-ring (bicyclic) bond motifs is 1. The second-order valence-electron chi connectivity index (χ2n) is 4.21. The molecule has 98 valence electrons. The average molecular weight is 249 g/mol. The molecule has 0 fully saturated rings. The zero-order chi connectivity index (χ0) is 13.0. The molecule has 0 radical (unpaired) electrons. The van der Waals surface area contributed by atoms with Gasteiger partial charge in [0.25, 0.3) is 0 Å². The molecule has 0 aliphatic carbocycles. The number of imidazole rings is 1. The molecule has 0 saturated carbocycles. The predicted molar refractivity (Wildman–Crippen MR) is 71.6 cm³/mol. The molecule has 0 aromatic carbocycles. The molecule has 0 unspecified atom stereocenters. The van der Waals surface area contributed by atoms with Crippen LogP contribution in [0.1, 0.15) is 19.8 Å². The number of aliphatic hydroxyl groups is 1. The highest BCUT2D eigenvalue weighted by atomic mass is 16.3. The van der Waals surface area contributed by atoms with Gasteiger partial charge in [0.05, 0.1) is 12.8 Å². The molecular formula is C12H19N5O. The lowest BCUT2D eigenvalue weighted by atomic mass is 10.3. The number of nitrogens with zero attached hydrogens (tertiary/aromatic N) is 4. The summed E-state index contributed by atoms with van der Waals surface area (Å²) in [5.74, 6) is 1.19. The van der Waals surface area contributed by atoms with E-state index in [2.05, 4.69) is 16.9 Å². The molecule has 2 aromatic heterocycles. The molecule has 2 heterocycles. The Balaban J connectivity index is 2.38. The van der Waals surface area contributed by atoms with Crippen LogP contribution in [0.15, 0.2) is 18.6 Å². The number of aliphatic hydroxyl groups excluding tert-OH is 1. The van der Waals surface area contributed by atoms with Crippen molar-refractivity contribution in [3.8, 4) is 0 Å². The van der Waals surface area contributed by atoms with E-state index in [1.54, 1.807) is 12.4 Å². The van der Waals surface area contributed by atoms with E-state index in [-0.39, 0.29) is 6.61 Å². The third-order valence-electron chi connectivity index (χ3n) is 2.83. The fourth-order valence-corrected chi connectivity index (χ4v) is 1.94.